The highest BCUT2D eigenvalue weighted by atomic mass is 79.9. The molecular formula is C25H26BrNO3. The first-order valence-electron chi connectivity index (χ1n) is 10.3. The Hall–Kier alpha value is -2.50. The van der Waals surface area contributed by atoms with Crippen LogP contribution >= 0.6 is 15.9 Å². The van der Waals surface area contributed by atoms with Crippen molar-refractivity contribution in [2.24, 2.45) is 0 Å². The average Bonchev–Trinajstić information content (AvgIpc) is 3.23. The van der Waals surface area contributed by atoms with Crippen molar-refractivity contribution >= 4 is 15.9 Å². The van der Waals surface area contributed by atoms with Crippen LogP contribution in [-0.2, 0) is 19.5 Å². The number of hydrogen-bond acceptors (Lipinski definition) is 4. The number of hydrogen-bond donors (Lipinski definition) is 0. The van der Waals surface area contributed by atoms with Crippen molar-refractivity contribution in [3.63, 3.8) is 0 Å². The van der Waals surface area contributed by atoms with Gasteiger partial charge in [0.25, 0.3) is 0 Å². The molecule has 0 bridgehead atoms. The van der Waals surface area contributed by atoms with E-state index in [2.05, 4.69) is 81.5 Å². The third kappa shape index (κ3) is 5.55. The lowest BCUT2D eigenvalue weighted by Crippen LogP contribution is -2.25. The molecule has 0 spiro atoms. The van der Waals surface area contributed by atoms with Gasteiger partial charge in [-0.15, -0.1) is 0 Å². The number of nitrogens with zero attached hydrogens (tertiary/aromatic N) is 1. The Kier molecular flexibility index (Phi) is 6.92. The lowest BCUT2D eigenvalue weighted by Gasteiger charge is -2.23. The van der Waals surface area contributed by atoms with Crippen LogP contribution in [-0.4, -0.2) is 24.8 Å². The summed E-state index contributed by atoms with van der Waals surface area (Å²) in [6.45, 7) is 5.72. The third-order valence-corrected chi connectivity index (χ3v) is 5.64. The topological polar surface area (TPSA) is 30.9 Å². The summed E-state index contributed by atoms with van der Waals surface area (Å²) in [7, 11) is 0. The molecule has 0 aliphatic carbocycles. The van der Waals surface area contributed by atoms with Crippen LogP contribution in [0, 0.1) is 0 Å². The summed E-state index contributed by atoms with van der Waals surface area (Å²) < 4.78 is 17.6. The maximum atomic E-state index is 5.57. The first kappa shape index (κ1) is 20.8. The Labute approximate surface area is 186 Å². The number of ether oxygens (including phenoxy) is 3. The summed E-state index contributed by atoms with van der Waals surface area (Å²) in [4.78, 5) is 2.48. The first-order valence-corrected chi connectivity index (χ1v) is 11.1. The van der Waals surface area contributed by atoms with Gasteiger partial charge in [0.15, 0.2) is 11.5 Å². The molecule has 3 aromatic carbocycles. The molecular weight excluding hydrogens is 442 g/mol. The lowest BCUT2D eigenvalue weighted by atomic mass is 10.1. The molecule has 0 saturated heterocycles. The van der Waals surface area contributed by atoms with E-state index in [9.17, 15) is 0 Å². The minimum absolute atomic E-state index is 0.312. The largest absolute Gasteiger partial charge is 0.494 e. The fourth-order valence-electron chi connectivity index (χ4n) is 3.56. The van der Waals surface area contributed by atoms with Crippen molar-refractivity contribution < 1.29 is 14.2 Å². The van der Waals surface area contributed by atoms with E-state index in [-0.39, 0.29) is 0 Å². The van der Waals surface area contributed by atoms with Crippen LogP contribution in [0.5, 0.6) is 17.2 Å². The molecule has 0 N–H and O–H groups in total. The fraction of sp³-hybridized carbons (Fsp3) is 0.280. The zero-order chi connectivity index (χ0) is 20.8. The quantitative estimate of drug-likeness (QED) is 0.396. The zero-order valence-electron chi connectivity index (χ0n) is 17.1. The van der Waals surface area contributed by atoms with Crippen molar-refractivity contribution in [3.8, 4) is 17.2 Å². The van der Waals surface area contributed by atoms with Crippen LogP contribution in [0.2, 0.25) is 0 Å². The average molecular weight is 468 g/mol. The second-order valence-corrected chi connectivity index (χ2v) is 8.27. The summed E-state index contributed by atoms with van der Waals surface area (Å²) in [6.07, 6.45) is 0.949. The summed E-state index contributed by atoms with van der Waals surface area (Å²) in [5.41, 5.74) is 3.84. The number of rotatable bonds is 9. The second kappa shape index (κ2) is 10.0. The molecule has 0 unspecified atom stereocenters. The van der Waals surface area contributed by atoms with Crippen LogP contribution in [0.15, 0.2) is 71.2 Å². The Morgan fingerprint density at radius 3 is 2.17 bits per heavy atom. The second-order valence-electron chi connectivity index (χ2n) is 7.35. The Morgan fingerprint density at radius 1 is 0.833 bits per heavy atom. The predicted molar refractivity (Wildman–Crippen MR) is 122 cm³/mol. The molecule has 0 aromatic heterocycles. The molecule has 4 nitrogen and oxygen atoms in total. The minimum atomic E-state index is 0.312. The van der Waals surface area contributed by atoms with Crippen molar-refractivity contribution in [1.29, 1.82) is 0 Å². The molecule has 1 aliphatic heterocycles. The van der Waals surface area contributed by atoms with Gasteiger partial charge in [0.05, 0.1) is 6.61 Å². The maximum absolute atomic E-state index is 5.57. The van der Waals surface area contributed by atoms with Gasteiger partial charge in [-0.1, -0.05) is 46.3 Å². The van der Waals surface area contributed by atoms with E-state index in [0.717, 1.165) is 47.8 Å². The molecule has 30 heavy (non-hydrogen) atoms. The third-order valence-electron chi connectivity index (χ3n) is 5.11. The molecule has 0 fully saturated rings. The van der Waals surface area contributed by atoms with Gasteiger partial charge in [-0.05, 0) is 66.4 Å². The smallest absolute Gasteiger partial charge is 0.231 e. The fourth-order valence-corrected chi connectivity index (χ4v) is 3.83. The molecule has 5 heteroatoms. The zero-order valence-corrected chi connectivity index (χ0v) is 18.7. The van der Waals surface area contributed by atoms with Gasteiger partial charge in [-0.25, -0.2) is 0 Å². The summed E-state index contributed by atoms with van der Waals surface area (Å²) >= 11 is 3.52. The van der Waals surface area contributed by atoms with Crippen LogP contribution in [0.1, 0.15) is 23.6 Å². The van der Waals surface area contributed by atoms with Gasteiger partial charge in [0.1, 0.15) is 5.75 Å². The normalized spacial score (nSPS) is 12.4. The molecule has 156 valence electrons. The molecule has 4 rings (SSSR count). The molecule has 0 atom stereocenters. The van der Waals surface area contributed by atoms with E-state index in [4.69, 9.17) is 14.2 Å². The highest BCUT2D eigenvalue weighted by molar-refractivity contribution is 9.10. The van der Waals surface area contributed by atoms with Gasteiger partial charge >= 0.3 is 0 Å². The Morgan fingerprint density at radius 2 is 1.47 bits per heavy atom. The standard InChI is InChI=1S/C25H26BrNO3/c1-2-28-23-10-5-21(6-11-23)17-27(16-20-3-8-22(26)9-4-20)14-13-19-7-12-24-25(15-19)30-18-29-24/h3-12,15H,2,13-14,16-18H2,1H3. The number of fused-ring (bicyclic) bond motifs is 1. The monoisotopic (exact) mass is 467 g/mol. The van der Waals surface area contributed by atoms with Crippen molar-refractivity contribution in [2.45, 2.75) is 26.4 Å². The maximum Gasteiger partial charge on any atom is 0.231 e. The van der Waals surface area contributed by atoms with Gasteiger partial charge in [0, 0.05) is 24.1 Å². The van der Waals surface area contributed by atoms with E-state index in [0.29, 0.717) is 13.4 Å². The van der Waals surface area contributed by atoms with Crippen LogP contribution < -0.4 is 14.2 Å². The van der Waals surface area contributed by atoms with E-state index in [1.165, 1.54) is 16.7 Å². The van der Waals surface area contributed by atoms with Gasteiger partial charge in [-0.2, -0.15) is 0 Å². The molecule has 1 aliphatic rings. The SMILES string of the molecule is CCOc1ccc(CN(CCc2ccc3c(c2)OCO3)Cc2ccc(Br)cc2)cc1. The predicted octanol–water partition coefficient (Wildman–Crippen LogP) is 5.82. The molecule has 0 saturated carbocycles. The highest BCUT2D eigenvalue weighted by Crippen LogP contribution is 2.32. The van der Waals surface area contributed by atoms with E-state index >= 15 is 0 Å². The Balaban J connectivity index is 1.45. The lowest BCUT2D eigenvalue weighted by molar-refractivity contribution is 0.174. The van der Waals surface area contributed by atoms with Crippen LogP contribution in [0.4, 0.5) is 0 Å². The highest BCUT2D eigenvalue weighted by Gasteiger charge is 2.14. The molecule has 0 radical (unpaired) electrons. The van der Waals surface area contributed by atoms with Crippen LogP contribution in [0.25, 0.3) is 0 Å². The van der Waals surface area contributed by atoms with Crippen molar-refractivity contribution in [2.75, 3.05) is 19.9 Å². The van der Waals surface area contributed by atoms with E-state index in [1.54, 1.807) is 0 Å². The molecule has 3 aromatic rings. The summed E-state index contributed by atoms with van der Waals surface area (Å²) in [5, 5.41) is 0. The van der Waals surface area contributed by atoms with E-state index in [1.807, 2.05) is 13.0 Å². The van der Waals surface area contributed by atoms with Gasteiger partial charge in [-0.3, -0.25) is 4.90 Å². The van der Waals surface area contributed by atoms with Crippen molar-refractivity contribution in [1.82, 2.24) is 4.90 Å². The Bertz CT molecular complexity index is 957. The number of halogens is 1. The molecule has 1 heterocycles. The van der Waals surface area contributed by atoms with Gasteiger partial charge < -0.3 is 14.2 Å². The molecule has 0 amide bonds. The van der Waals surface area contributed by atoms with Crippen molar-refractivity contribution in [3.05, 3.63) is 87.9 Å². The summed E-state index contributed by atoms with van der Waals surface area (Å²) in [6, 6.07) is 23.2. The minimum Gasteiger partial charge on any atom is -0.494 e. The first-order chi connectivity index (χ1) is 14.7. The van der Waals surface area contributed by atoms with Crippen LogP contribution in [0.3, 0.4) is 0 Å². The van der Waals surface area contributed by atoms with Gasteiger partial charge in [0.2, 0.25) is 6.79 Å². The summed E-state index contributed by atoms with van der Waals surface area (Å²) in [5.74, 6) is 2.60. The van der Waals surface area contributed by atoms with E-state index < -0.39 is 0 Å². The number of benzene rings is 3.